The van der Waals surface area contributed by atoms with Crippen LogP contribution in [0, 0.1) is 0 Å². The van der Waals surface area contributed by atoms with E-state index in [0.717, 1.165) is 11.1 Å². The molecule has 0 bridgehead atoms. The van der Waals surface area contributed by atoms with Crippen molar-refractivity contribution in [1.29, 1.82) is 0 Å². The van der Waals surface area contributed by atoms with Crippen molar-refractivity contribution >= 4 is 39.3 Å². The molecule has 0 fully saturated rings. The van der Waals surface area contributed by atoms with Crippen LogP contribution in [-0.2, 0) is 21.8 Å². The molecular weight excluding hydrogens is 319 g/mol. The molecule has 18 heavy (non-hydrogen) atoms. The van der Waals surface area contributed by atoms with E-state index in [4.69, 9.17) is 16.3 Å². The van der Waals surface area contributed by atoms with E-state index in [2.05, 4.69) is 15.9 Å². The Labute approximate surface area is 120 Å². The van der Waals surface area contributed by atoms with Gasteiger partial charge in [0.2, 0.25) is 0 Å². The van der Waals surface area contributed by atoms with Crippen molar-refractivity contribution in [2.45, 2.75) is 19.2 Å². The molecule has 1 rings (SSSR count). The maximum atomic E-state index is 11.6. The van der Waals surface area contributed by atoms with Gasteiger partial charge in [-0.1, -0.05) is 22.0 Å². The Morgan fingerprint density at radius 1 is 1.33 bits per heavy atom. The molecule has 0 saturated carbocycles. The van der Waals surface area contributed by atoms with Gasteiger partial charge in [-0.2, -0.15) is 0 Å². The van der Waals surface area contributed by atoms with Crippen LogP contribution >= 0.6 is 27.5 Å². The second kappa shape index (κ2) is 7.54. The fourth-order valence-corrected chi connectivity index (χ4v) is 1.97. The summed E-state index contributed by atoms with van der Waals surface area (Å²) in [6.45, 7) is 2.09. The second-order valence-corrected chi connectivity index (χ2v) is 4.51. The molecule has 0 N–H and O–H groups in total. The first kappa shape index (κ1) is 15.2. The molecule has 1 aromatic rings. The first-order chi connectivity index (χ1) is 8.62. The normalized spacial score (nSPS) is 10.2. The van der Waals surface area contributed by atoms with E-state index >= 15 is 0 Å². The SMILES string of the molecule is CCOC(=O)c1ccc(CC(=O)CBr)c(CCl)c1. The second-order valence-electron chi connectivity index (χ2n) is 3.69. The van der Waals surface area contributed by atoms with Gasteiger partial charge in [-0.25, -0.2) is 4.79 Å². The monoisotopic (exact) mass is 332 g/mol. The predicted molar refractivity (Wildman–Crippen MR) is 74.5 cm³/mol. The fourth-order valence-electron chi connectivity index (χ4n) is 1.52. The Hall–Kier alpha value is -0.870. The molecule has 0 aromatic heterocycles. The van der Waals surface area contributed by atoms with E-state index in [-0.39, 0.29) is 17.6 Å². The Morgan fingerprint density at radius 3 is 2.61 bits per heavy atom. The number of alkyl halides is 2. The molecule has 0 saturated heterocycles. The highest BCUT2D eigenvalue weighted by atomic mass is 79.9. The number of benzene rings is 1. The molecule has 0 atom stereocenters. The number of rotatable bonds is 6. The molecule has 0 unspecified atom stereocenters. The molecule has 0 aliphatic heterocycles. The Morgan fingerprint density at radius 2 is 2.06 bits per heavy atom. The Balaban J connectivity index is 2.96. The summed E-state index contributed by atoms with van der Waals surface area (Å²) in [5.74, 6) is -0.0366. The highest BCUT2D eigenvalue weighted by Crippen LogP contribution is 2.16. The van der Waals surface area contributed by atoms with Crippen LogP contribution in [0.25, 0.3) is 0 Å². The quantitative estimate of drug-likeness (QED) is 0.593. The van der Waals surface area contributed by atoms with Gasteiger partial charge in [-0.05, 0) is 30.2 Å². The zero-order chi connectivity index (χ0) is 13.5. The van der Waals surface area contributed by atoms with Gasteiger partial charge >= 0.3 is 5.97 Å². The average molecular weight is 334 g/mol. The standard InChI is InChI=1S/C13H14BrClO3/c1-2-18-13(17)10-4-3-9(6-12(16)7-14)11(5-10)8-15/h3-5H,2,6-8H2,1H3. The molecule has 0 radical (unpaired) electrons. The topological polar surface area (TPSA) is 43.4 Å². The van der Waals surface area contributed by atoms with Gasteiger partial charge in [-0.15, -0.1) is 11.6 Å². The number of esters is 1. The molecule has 0 amide bonds. The summed E-state index contributed by atoms with van der Waals surface area (Å²) in [7, 11) is 0. The number of hydrogen-bond acceptors (Lipinski definition) is 3. The van der Waals surface area contributed by atoms with Crippen LogP contribution in [0.4, 0.5) is 0 Å². The largest absolute Gasteiger partial charge is 0.462 e. The van der Waals surface area contributed by atoms with Gasteiger partial charge < -0.3 is 4.74 Å². The number of ketones is 1. The lowest BCUT2D eigenvalue weighted by atomic mass is 10.0. The summed E-state index contributed by atoms with van der Waals surface area (Å²) in [6, 6.07) is 5.09. The Kier molecular flexibility index (Phi) is 6.36. The van der Waals surface area contributed by atoms with Gasteiger partial charge in [0.1, 0.15) is 5.78 Å². The van der Waals surface area contributed by atoms with Gasteiger partial charge in [0.25, 0.3) is 0 Å². The van der Waals surface area contributed by atoms with Gasteiger partial charge in [0.15, 0.2) is 0 Å². The van der Waals surface area contributed by atoms with Crippen LogP contribution < -0.4 is 0 Å². The number of halogens is 2. The highest BCUT2D eigenvalue weighted by molar-refractivity contribution is 9.09. The van der Waals surface area contributed by atoms with Crippen LogP contribution in [0.5, 0.6) is 0 Å². The van der Waals surface area contributed by atoms with Crippen molar-refractivity contribution in [3.63, 3.8) is 0 Å². The smallest absolute Gasteiger partial charge is 0.338 e. The third-order valence-electron chi connectivity index (χ3n) is 2.40. The predicted octanol–water partition coefficient (Wildman–Crippen LogP) is 3.11. The van der Waals surface area contributed by atoms with Crippen molar-refractivity contribution in [2.24, 2.45) is 0 Å². The summed E-state index contributed by atoms with van der Waals surface area (Å²) >= 11 is 8.96. The lowest BCUT2D eigenvalue weighted by Crippen LogP contribution is -2.09. The van der Waals surface area contributed by atoms with Gasteiger partial charge in [0.05, 0.1) is 17.5 Å². The van der Waals surface area contributed by atoms with Crippen LogP contribution in [-0.4, -0.2) is 23.7 Å². The van der Waals surface area contributed by atoms with Crippen molar-refractivity contribution in [3.8, 4) is 0 Å². The highest BCUT2D eigenvalue weighted by Gasteiger charge is 2.12. The lowest BCUT2D eigenvalue weighted by molar-refractivity contribution is -0.115. The third-order valence-corrected chi connectivity index (χ3v) is 3.31. The first-order valence-electron chi connectivity index (χ1n) is 5.54. The van der Waals surface area contributed by atoms with E-state index in [1.54, 1.807) is 25.1 Å². The average Bonchev–Trinajstić information content (AvgIpc) is 2.39. The summed E-state index contributed by atoms with van der Waals surface area (Å²) in [5, 5.41) is 0.314. The Bertz CT molecular complexity index is 446. The number of carbonyl (C=O) groups is 2. The van der Waals surface area contributed by atoms with E-state index in [1.807, 2.05) is 0 Å². The number of ether oxygens (including phenoxy) is 1. The van der Waals surface area contributed by atoms with Gasteiger partial charge in [-0.3, -0.25) is 4.79 Å². The van der Waals surface area contributed by atoms with Crippen molar-refractivity contribution in [3.05, 3.63) is 34.9 Å². The maximum Gasteiger partial charge on any atom is 0.338 e. The van der Waals surface area contributed by atoms with E-state index in [0.29, 0.717) is 23.9 Å². The van der Waals surface area contributed by atoms with Crippen molar-refractivity contribution in [2.75, 3.05) is 11.9 Å². The van der Waals surface area contributed by atoms with Gasteiger partial charge in [0, 0.05) is 12.3 Å². The minimum Gasteiger partial charge on any atom is -0.462 e. The summed E-state index contributed by atoms with van der Waals surface area (Å²) in [5.41, 5.74) is 2.10. The summed E-state index contributed by atoms with van der Waals surface area (Å²) in [6.07, 6.45) is 0.316. The van der Waals surface area contributed by atoms with Crippen LogP contribution in [0.15, 0.2) is 18.2 Å². The maximum absolute atomic E-state index is 11.6. The molecule has 1 aromatic carbocycles. The summed E-state index contributed by atoms with van der Waals surface area (Å²) < 4.78 is 4.91. The van der Waals surface area contributed by atoms with Crippen LogP contribution in [0.2, 0.25) is 0 Å². The van der Waals surface area contributed by atoms with Crippen molar-refractivity contribution in [1.82, 2.24) is 0 Å². The minimum absolute atomic E-state index is 0.0743. The first-order valence-corrected chi connectivity index (χ1v) is 7.20. The minimum atomic E-state index is -0.373. The van der Waals surface area contributed by atoms with E-state index in [1.165, 1.54) is 0 Å². The number of hydrogen-bond donors (Lipinski definition) is 0. The zero-order valence-corrected chi connectivity index (χ0v) is 12.4. The number of Topliss-reactive ketones (excluding diaryl/α,β-unsaturated/α-hetero) is 1. The lowest BCUT2D eigenvalue weighted by Gasteiger charge is -2.08. The van der Waals surface area contributed by atoms with E-state index in [9.17, 15) is 9.59 Å². The zero-order valence-electron chi connectivity index (χ0n) is 10.0. The molecule has 0 aliphatic rings. The van der Waals surface area contributed by atoms with E-state index < -0.39 is 0 Å². The fraction of sp³-hybridized carbons (Fsp3) is 0.385. The summed E-state index contributed by atoms with van der Waals surface area (Å²) in [4.78, 5) is 23.0. The molecule has 0 aliphatic carbocycles. The van der Waals surface area contributed by atoms with Crippen molar-refractivity contribution < 1.29 is 14.3 Å². The van der Waals surface area contributed by atoms with Crippen LogP contribution in [0.1, 0.15) is 28.4 Å². The molecule has 3 nitrogen and oxygen atoms in total. The van der Waals surface area contributed by atoms with Crippen LogP contribution in [0.3, 0.4) is 0 Å². The molecule has 98 valence electrons. The third kappa shape index (κ3) is 4.10. The number of carbonyl (C=O) groups excluding carboxylic acids is 2. The molecule has 0 heterocycles. The molecule has 0 spiro atoms. The molecular formula is C13H14BrClO3. The molecule has 5 heteroatoms.